The Kier molecular flexibility index (Phi) is 4.49. The minimum atomic E-state index is -0.898. The van der Waals surface area contributed by atoms with E-state index in [1.54, 1.807) is 24.3 Å². The summed E-state index contributed by atoms with van der Waals surface area (Å²) in [6, 6.07) is 8.68. The Balaban J connectivity index is 1.85. The van der Waals surface area contributed by atoms with E-state index in [1.165, 1.54) is 11.0 Å². The molecule has 0 atom stereocenters. The molecule has 0 aromatic heterocycles. The second kappa shape index (κ2) is 6.75. The van der Waals surface area contributed by atoms with Crippen LogP contribution in [0.2, 0.25) is 0 Å². The van der Waals surface area contributed by atoms with Gasteiger partial charge in [0.05, 0.1) is 10.6 Å². The molecule has 2 aromatic carbocycles. The maximum absolute atomic E-state index is 14.2. The van der Waals surface area contributed by atoms with E-state index in [0.717, 1.165) is 12.1 Å². The van der Waals surface area contributed by atoms with Gasteiger partial charge in [-0.15, -0.1) is 0 Å². The smallest absolute Gasteiger partial charge is 0.305 e. The first-order valence-electron chi connectivity index (χ1n) is 7.73. The quantitative estimate of drug-likeness (QED) is 0.518. The summed E-state index contributed by atoms with van der Waals surface area (Å²) in [6.45, 7) is 3.59. The van der Waals surface area contributed by atoms with Gasteiger partial charge in [-0.05, 0) is 42.8 Å². The van der Waals surface area contributed by atoms with E-state index >= 15 is 0 Å². The summed E-state index contributed by atoms with van der Waals surface area (Å²) in [5.41, 5.74) is 0.771. The molecule has 0 radical (unpaired) electrons. The standard InChI is InChI=1S/C18H14FN3O4/c1-2-16(23)20-12-5-3-11(4-6-12)18(24)21-10-9-13-14(21)7-8-15(17(13)19)22(25)26/h2-8H,1,9-10H2,(H,20,23). The molecule has 0 fully saturated rings. The molecule has 2 amide bonds. The van der Waals surface area contributed by atoms with Crippen molar-refractivity contribution in [1.29, 1.82) is 0 Å². The molecular formula is C18H14FN3O4. The van der Waals surface area contributed by atoms with Crippen molar-refractivity contribution >= 4 is 28.9 Å². The number of nitro benzene ring substituents is 1. The number of fused-ring (bicyclic) bond motifs is 1. The zero-order valence-electron chi connectivity index (χ0n) is 13.6. The highest BCUT2D eigenvalue weighted by Crippen LogP contribution is 2.35. The fourth-order valence-electron chi connectivity index (χ4n) is 2.83. The zero-order chi connectivity index (χ0) is 18.8. The van der Waals surface area contributed by atoms with Crippen LogP contribution in [0.5, 0.6) is 0 Å². The Morgan fingerprint density at radius 2 is 1.92 bits per heavy atom. The number of hydrogen-bond acceptors (Lipinski definition) is 4. The average molecular weight is 355 g/mol. The first kappa shape index (κ1) is 17.3. The molecule has 0 saturated heterocycles. The van der Waals surface area contributed by atoms with Crippen LogP contribution in [0.15, 0.2) is 49.1 Å². The number of nitrogens with one attached hydrogen (secondary N) is 1. The fourth-order valence-corrected chi connectivity index (χ4v) is 2.83. The van der Waals surface area contributed by atoms with Crippen molar-refractivity contribution in [3.63, 3.8) is 0 Å². The van der Waals surface area contributed by atoms with Gasteiger partial charge >= 0.3 is 5.69 Å². The number of carbonyl (C=O) groups is 2. The van der Waals surface area contributed by atoms with Crippen LogP contribution >= 0.6 is 0 Å². The van der Waals surface area contributed by atoms with Gasteiger partial charge in [0.15, 0.2) is 0 Å². The van der Waals surface area contributed by atoms with Gasteiger partial charge in [0.1, 0.15) is 0 Å². The van der Waals surface area contributed by atoms with E-state index in [1.807, 2.05) is 0 Å². The van der Waals surface area contributed by atoms with Crippen molar-refractivity contribution in [2.24, 2.45) is 0 Å². The molecule has 0 aliphatic carbocycles. The van der Waals surface area contributed by atoms with Crippen LogP contribution in [0.25, 0.3) is 0 Å². The van der Waals surface area contributed by atoms with Gasteiger partial charge in [-0.3, -0.25) is 19.7 Å². The molecule has 132 valence electrons. The molecule has 7 nitrogen and oxygen atoms in total. The third-order valence-electron chi connectivity index (χ3n) is 4.10. The molecule has 1 aliphatic heterocycles. The van der Waals surface area contributed by atoms with Crippen molar-refractivity contribution in [2.75, 3.05) is 16.8 Å². The number of hydrogen-bond donors (Lipinski definition) is 1. The number of benzene rings is 2. The topological polar surface area (TPSA) is 92.6 Å². The van der Waals surface area contributed by atoms with Crippen molar-refractivity contribution in [2.45, 2.75) is 6.42 Å². The molecule has 3 rings (SSSR count). The van der Waals surface area contributed by atoms with Crippen molar-refractivity contribution in [1.82, 2.24) is 0 Å². The number of nitrogens with zero attached hydrogens (tertiary/aromatic N) is 2. The van der Waals surface area contributed by atoms with E-state index in [9.17, 15) is 24.1 Å². The van der Waals surface area contributed by atoms with Crippen molar-refractivity contribution in [3.8, 4) is 0 Å². The van der Waals surface area contributed by atoms with Gasteiger partial charge in [-0.2, -0.15) is 4.39 Å². The number of amides is 2. The summed E-state index contributed by atoms with van der Waals surface area (Å²) < 4.78 is 14.2. The third kappa shape index (κ3) is 3.04. The molecule has 0 unspecified atom stereocenters. The summed E-state index contributed by atoms with van der Waals surface area (Å²) in [7, 11) is 0. The van der Waals surface area contributed by atoms with Crippen LogP contribution in [0.4, 0.5) is 21.5 Å². The van der Waals surface area contributed by atoms with Crippen molar-refractivity contribution < 1.29 is 18.9 Å². The van der Waals surface area contributed by atoms with Crippen LogP contribution in [0, 0.1) is 15.9 Å². The summed E-state index contributed by atoms with van der Waals surface area (Å²) in [5.74, 6) is -1.61. The van der Waals surface area contributed by atoms with E-state index in [-0.39, 0.29) is 30.3 Å². The van der Waals surface area contributed by atoms with Crippen molar-refractivity contribution in [3.05, 3.63) is 76.1 Å². The molecule has 8 heteroatoms. The van der Waals surface area contributed by atoms with Crippen LogP contribution in [-0.4, -0.2) is 23.3 Å². The largest absolute Gasteiger partial charge is 0.323 e. The summed E-state index contributed by atoms with van der Waals surface area (Å²) in [6.07, 6.45) is 1.34. The van der Waals surface area contributed by atoms with E-state index in [0.29, 0.717) is 16.9 Å². The normalized spacial score (nSPS) is 12.4. The summed E-state index contributed by atoms with van der Waals surface area (Å²) >= 11 is 0. The fraction of sp³-hybridized carbons (Fsp3) is 0.111. The van der Waals surface area contributed by atoms with Crippen LogP contribution in [-0.2, 0) is 11.2 Å². The zero-order valence-corrected chi connectivity index (χ0v) is 13.6. The number of anilines is 2. The Morgan fingerprint density at radius 1 is 1.23 bits per heavy atom. The van der Waals surface area contributed by atoms with Gasteiger partial charge in [0.2, 0.25) is 11.7 Å². The first-order valence-corrected chi connectivity index (χ1v) is 7.73. The molecule has 26 heavy (non-hydrogen) atoms. The van der Waals surface area contributed by atoms with Gasteiger partial charge in [-0.25, -0.2) is 0 Å². The maximum atomic E-state index is 14.2. The number of carbonyl (C=O) groups excluding carboxylic acids is 2. The predicted octanol–water partition coefficient (Wildman–Crippen LogP) is 3.06. The monoisotopic (exact) mass is 355 g/mol. The van der Waals surface area contributed by atoms with Crippen LogP contribution in [0.1, 0.15) is 15.9 Å². The SMILES string of the molecule is C=CC(=O)Nc1ccc(C(=O)N2CCc3c2ccc([N+](=O)[O-])c3F)cc1. The lowest BCUT2D eigenvalue weighted by molar-refractivity contribution is -0.387. The Bertz CT molecular complexity index is 925. The van der Waals surface area contributed by atoms with Gasteiger partial charge in [0, 0.05) is 29.4 Å². The van der Waals surface area contributed by atoms with Crippen LogP contribution in [0.3, 0.4) is 0 Å². The lowest BCUT2D eigenvalue weighted by atomic mass is 10.1. The predicted molar refractivity (Wildman–Crippen MR) is 93.7 cm³/mol. The van der Waals surface area contributed by atoms with E-state index < -0.39 is 16.4 Å². The molecule has 0 bridgehead atoms. The molecule has 0 saturated carbocycles. The third-order valence-corrected chi connectivity index (χ3v) is 4.10. The lowest BCUT2D eigenvalue weighted by Gasteiger charge is -2.17. The average Bonchev–Trinajstić information content (AvgIpc) is 3.06. The number of rotatable bonds is 4. The minimum Gasteiger partial charge on any atom is -0.323 e. The highest BCUT2D eigenvalue weighted by atomic mass is 19.1. The highest BCUT2D eigenvalue weighted by Gasteiger charge is 2.31. The van der Waals surface area contributed by atoms with E-state index in [2.05, 4.69) is 11.9 Å². The summed E-state index contributed by atoms with van der Waals surface area (Å²) in [4.78, 5) is 35.4. The van der Waals surface area contributed by atoms with Gasteiger partial charge in [0.25, 0.3) is 5.91 Å². The second-order valence-electron chi connectivity index (χ2n) is 5.63. The highest BCUT2D eigenvalue weighted by molar-refractivity contribution is 6.08. The van der Waals surface area contributed by atoms with Gasteiger partial charge < -0.3 is 10.2 Å². The molecule has 0 spiro atoms. The molecule has 1 aliphatic rings. The first-order chi connectivity index (χ1) is 12.4. The van der Waals surface area contributed by atoms with Gasteiger partial charge in [-0.1, -0.05) is 6.58 Å². The Hall–Kier alpha value is -3.55. The molecule has 2 aromatic rings. The molecular weight excluding hydrogens is 341 g/mol. The molecule has 1 heterocycles. The number of halogens is 1. The Morgan fingerprint density at radius 3 is 2.54 bits per heavy atom. The second-order valence-corrected chi connectivity index (χ2v) is 5.63. The summed E-state index contributed by atoms with van der Waals surface area (Å²) in [5, 5.41) is 13.4. The van der Waals surface area contributed by atoms with E-state index in [4.69, 9.17) is 0 Å². The van der Waals surface area contributed by atoms with Crippen LogP contribution < -0.4 is 10.2 Å². The molecule has 1 N–H and O–H groups in total. The number of nitro groups is 1. The Labute approximate surface area is 147 Å². The lowest BCUT2D eigenvalue weighted by Crippen LogP contribution is -2.28. The minimum absolute atomic E-state index is 0.169. The maximum Gasteiger partial charge on any atom is 0.305 e.